The Labute approximate surface area is 80.9 Å². The fourth-order valence-electron chi connectivity index (χ4n) is 1.63. The molecule has 0 saturated carbocycles. The van der Waals surface area contributed by atoms with Crippen LogP contribution in [0, 0.1) is 0 Å². The molecule has 0 aromatic heterocycles. The Hall–Kier alpha value is -1.32. The second-order valence-corrected chi connectivity index (χ2v) is 3.23. The second-order valence-electron chi connectivity index (χ2n) is 3.23. The molecule has 0 atom stereocenters. The highest BCUT2D eigenvalue weighted by molar-refractivity contribution is 5.55. The van der Waals surface area contributed by atoms with E-state index in [2.05, 4.69) is 10.1 Å². The molecule has 0 radical (unpaired) electrons. The van der Waals surface area contributed by atoms with Gasteiger partial charge in [-0.05, 0) is 36.6 Å². The van der Waals surface area contributed by atoms with Crippen LogP contribution < -0.4 is 10.1 Å². The molecule has 0 fully saturated rings. The first-order valence-corrected chi connectivity index (χ1v) is 4.57. The van der Waals surface area contributed by atoms with Gasteiger partial charge in [0, 0.05) is 12.2 Å². The van der Waals surface area contributed by atoms with Gasteiger partial charge in [0.1, 0.15) is 5.75 Å². The van der Waals surface area contributed by atoms with Crippen molar-refractivity contribution in [2.24, 2.45) is 0 Å². The van der Waals surface area contributed by atoms with Crippen molar-refractivity contribution in [3.05, 3.63) is 23.8 Å². The van der Waals surface area contributed by atoms with Gasteiger partial charge in [-0.2, -0.15) is 8.78 Å². The summed E-state index contributed by atoms with van der Waals surface area (Å²) in [6.07, 6.45) is 1.95. The molecule has 0 spiro atoms. The topological polar surface area (TPSA) is 21.3 Å². The van der Waals surface area contributed by atoms with Gasteiger partial charge in [0.25, 0.3) is 0 Å². The van der Waals surface area contributed by atoms with Gasteiger partial charge >= 0.3 is 6.61 Å². The van der Waals surface area contributed by atoms with Crippen LogP contribution in [0.25, 0.3) is 0 Å². The molecule has 0 amide bonds. The average Bonchev–Trinajstić information content (AvgIpc) is 2.17. The number of benzene rings is 1. The number of hydrogen-bond donors (Lipinski definition) is 1. The van der Waals surface area contributed by atoms with Crippen LogP contribution in [0.2, 0.25) is 0 Å². The summed E-state index contributed by atoms with van der Waals surface area (Å²) in [6, 6.07) is 5.02. The molecule has 0 aliphatic carbocycles. The molecule has 1 aromatic carbocycles. The highest BCUT2D eigenvalue weighted by Crippen LogP contribution is 2.26. The third-order valence-electron chi connectivity index (χ3n) is 2.24. The molecule has 76 valence electrons. The molecule has 1 aromatic rings. The lowest BCUT2D eigenvalue weighted by atomic mass is 10.0. The molecule has 14 heavy (non-hydrogen) atoms. The van der Waals surface area contributed by atoms with Crippen molar-refractivity contribution in [3.8, 4) is 5.75 Å². The Morgan fingerprint density at radius 1 is 1.36 bits per heavy atom. The van der Waals surface area contributed by atoms with Crippen LogP contribution in [0.15, 0.2) is 18.2 Å². The number of rotatable bonds is 2. The van der Waals surface area contributed by atoms with E-state index in [1.165, 1.54) is 0 Å². The Kier molecular flexibility index (Phi) is 2.52. The lowest BCUT2D eigenvalue weighted by Crippen LogP contribution is -2.12. The van der Waals surface area contributed by atoms with Crippen molar-refractivity contribution < 1.29 is 13.5 Å². The van der Waals surface area contributed by atoms with Crippen LogP contribution in [0.4, 0.5) is 14.5 Å². The number of ether oxygens (including phenoxy) is 1. The van der Waals surface area contributed by atoms with Gasteiger partial charge in [-0.15, -0.1) is 0 Å². The maximum absolute atomic E-state index is 11.9. The average molecular weight is 199 g/mol. The second kappa shape index (κ2) is 3.82. The molecule has 4 heteroatoms. The molecule has 1 aliphatic rings. The van der Waals surface area contributed by atoms with Crippen LogP contribution in [0.3, 0.4) is 0 Å². The van der Waals surface area contributed by atoms with Crippen LogP contribution in [0.1, 0.15) is 12.0 Å². The Morgan fingerprint density at radius 3 is 3.00 bits per heavy atom. The number of anilines is 1. The molecule has 0 saturated heterocycles. The van der Waals surface area contributed by atoms with Gasteiger partial charge in [0.05, 0.1) is 0 Å². The van der Waals surface area contributed by atoms with Gasteiger partial charge < -0.3 is 10.1 Å². The van der Waals surface area contributed by atoms with E-state index in [0.29, 0.717) is 0 Å². The van der Waals surface area contributed by atoms with Gasteiger partial charge in [-0.1, -0.05) is 0 Å². The minimum Gasteiger partial charge on any atom is -0.435 e. The fourth-order valence-corrected chi connectivity index (χ4v) is 1.63. The van der Waals surface area contributed by atoms with Crippen molar-refractivity contribution in [1.29, 1.82) is 0 Å². The van der Waals surface area contributed by atoms with E-state index < -0.39 is 6.61 Å². The number of alkyl halides is 2. The molecule has 1 N–H and O–H groups in total. The van der Waals surface area contributed by atoms with E-state index in [1.54, 1.807) is 18.2 Å². The first kappa shape index (κ1) is 9.24. The Balaban J connectivity index is 2.20. The molecule has 0 unspecified atom stereocenters. The van der Waals surface area contributed by atoms with E-state index in [9.17, 15) is 8.78 Å². The minimum atomic E-state index is -2.75. The quantitative estimate of drug-likeness (QED) is 0.790. The van der Waals surface area contributed by atoms with Crippen molar-refractivity contribution in [3.63, 3.8) is 0 Å². The standard InChI is InChI=1S/C10H11F2NO/c11-10(12)14-8-3-4-9-7(6-8)2-1-5-13-9/h3-4,6,10,13H,1-2,5H2. The summed E-state index contributed by atoms with van der Waals surface area (Å²) in [4.78, 5) is 0. The summed E-state index contributed by atoms with van der Waals surface area (Å²) in [5.41, 5.74) is 2.08. The van der Waals surface area contributed by atoms with Crippen LogP contribution >= 0.6 is 0 Å². The summed E-state index contributed by atoms with van der Waals surface area (Å²) in [5, 5.41) is 3.20. The number of aryl methyl sites for hydroxylation is 1. The van der Waals surface area contributed by atoms with Gasteiger partial charge in [-0.25, -0.2) is 0 Å². The number of halogens is 2. The van der Waals surface area contributed by atoms with Crippen LogP contribution in [-0.2, 0) is 6.42 Å². The van der Waals surface area contributed by atoms with Crippen molar-refractivity contribution in [2.75, 3.05) is 11.9 Å². The normalized spacial score (nSPS) is 14.8. The molecule has 1 aliphatic heterocycles. The zero-order valence-corrected chi connectivity index (χ0v) is 7.59. The van der Waals surface area contributed by atoms with E-state index >= 15 is 0 Å². The molecule has 0 bridgehead atoms. The number of nitrogens with one attached hydrogen (secondary N) is 1. The molecule has 1 heterocycles. The van der Waals surface area contributed by atoms with E-state index in [-0.39, 0.29) is 5.75 Å². The van der Waals surface area contributed by atoms with Gasteiger partial charge in [0.15, 0.2) is 0 Å². The van der Waals surface area contributed by atoms with Crippen LogP contribution in [0.5, 0.6) is 5.75 Å². The SMILES string of the molecule is FC(F)Oc1ccc2c(c1)CCCN2. The molecular formula is C10H11F2NO. The maximum atomic E-state index is 11.9. The predicted octanol–water partition coefficient (Wildman–Crippen LogP) is 2.65. The first-order chi connectivity index (χ1) is 6.75. The zero-order chi connectivity index (χ0) is 9.97. The Bertz CT molecular complexity index is 328. The third-order valence-corrected chi connectivity index (χ3v) is 2.24. The minimum absolute atomic E-state index is 0.238. The molecular weight excluding hydrogens is 188 g/mol. The smallest absolute Gasteiger partial charge is 0.387 e. The van der Waals surface area contributed by atoms with Crippen molar-refractivity contribution in [2.45, 2.75) is 19.5 Å². The predicted molar refractivity (Wildman–Crippen MR) is 49.9 cm³/mol. The highest BCUT2D eigenvalue weighted by atomic mass is 19.3. The van der Waals surface area contributed by atoms with Crippen LogP contribution in [-0.4, -0.2) is 13.2 Å². The largest absolute Gasteiger partial charge is 0.435 e. The Morgan fingerprint density at radius 2 is 2.21 bits per heavy atom. The summed E-state index contributed by atoms with van der Waals surface area (Å²) in [6.45, 7) is -1.80. The summed E-state index contributed by atoms with van der Waals surface area (Å²) >= 11 is 0. The summed E-state index contributed by atoms with van der Waals surface area (Å²) < 4.78 is 28.1. The van der Waals surface area contributed by atoms with E-state index in [1.807, 2.05) is 0 Å². The van der Waals surface area contributed by atoms with Gasteiger partial charge in [-0.3, -0.25) is 0 Å². The first-order valence-electron chi connectivity index (χ1n) is 4.57. The number of fused-ring (bicyclic) bond motifs is 1. The third kappa shape index (κ3) is 1.95. The summed E-state index contributed by atoms with van der Waals surface area (Å²) in [7, 11) is 0. The zero-order valence-electron chi connectivity index (χ0n) is 7.59. The number of hydrogen-bond acceptors (Lipinski definition) is 2. The fraction of sp³-hybridized carbons (Fsp3) is 0.400. The highest BCUT2D eigenvalue weighted by Gasteiger charge is 2.11. The van der Waals surface area contributed by atoms with Crippen molar-refractivity contribution >= 4 is 5.69 Å². The maximum Gasteiger partial charge on any atom is 0.387 e. The lowest BCUT2D eigenvalue weighted by Gasteiger charge is -2.18. The molecule has 2 rings (SSSR count). The molecule has 2 nitrogen and oxygen atoms in total. The van der Waals surface area contributed by atoms with E-state index in [0.717, 1.165) is 30.6 Å². The van der Waals surface area contributed by atoms with Gasteiger partial charge in [0.2, 0.25) is 0 Å². The van der Waals surface area contributed by atoms with E-state index in [4.69, 9.17) is 0 Å². The monoisotopic (exact) mass is 199 g/mol. The summed E-state index contributed by atoms with van der Waals surface area (Å²) in [5.74, 6) is 0.238. The lowest BCUT2D eigenvalue weighted by molar-refractivity contribution is -0.0498. The van der Waals surface area contributed by atoms with Crippen molar-refractivity contribution in [1.82, 2.24) is 0 Å².